The molecule has 0 bridgehead atoms. The van der Waals surface area contributed by atoms with Crippen molar-refractivity contribution in [3.05, 3.63) is 53.9 Å². The number of esters is 1. The van der Waals surface area contributed by atoms with Gasteiger partial charge >= 0.3 is 12.1 Å². The fourth-order valence-corrected chi connectivity index (χ4v) is 2.72. The molecule has 0 aliphatic carbocycles. The van der Waals surface area contributed by atoms with Crippen LogP contribution in [0.1, 0.15) is 45.2 Å². The van der Waals surface area contributed by atoms with Gasteiger partial charge < -0.3 is 19.5 Å². The molecule has 30 heavy (non-hydrogen) atoms. The van der Waals surface area contributed by atoms with Gasteiger partial charge in [0.15, 0.2) is 0 Å². The number of benzene rings is 1. The number of aryl methyl sites for hydroxylation is 1. The first kappa shape index (κ1) is 23.2. The highest BCUT2D eigenvalue weighted by Crippen LogP contribution is 2.24. The van der Waals surface area contributed by atoms with E-state index in [0.717, 1.165) is 11.1 Å². The molecule has 0 saturated carbocycles. The van der Waals surface area contributed by atoms with Gasteiger partial charge in [-0.1, -0.05) is 6.07 Å². The van der Waals surface area contributed by atoms with Gasteiger partial charge in [0.05, 0.1) is 12.8 Å². The monoisotopic (exact) mass is 414 g/mol. The summed E-state index contributed by atoms with van der Waals surface area (Å²) in [4.78, 5) is 27.6. The van der Waals surface area contributed by atoms with Crippen molar-refractivity contribution in [2.45, 2.75) is 52.6 Å². The molecule has 0 unspecified atom stereocenters. The van der Waals surface area contributed by atoms with Crippen molar-refractivity contribution in [1.29, 1.82) is 0 Å². The van der Waals surface area contributed by atoms with Crippen molar-refractivity contribution >= 4 is 12.1 Å². The van der Waals surface area contributed by atoms with E-state index in [4.69, 9.17) is 14.2 Å². The lowest BCUT2D eigenvalue weighted by Gasteiger charge is -2.19. The maximum absolute atomic E-state index is 11.8. The highest BCUT2D eigenvalue weighted by atomic mass is 16.6. The van der Waals surface area contributed by atoms with Gasteiger partial charge in [0, 0.05) is 19.2 Å². The van der Waals surface area contributed by atoms with E-state index in [1.165, 1.54) is 0 Å². The van der Waals surface area contributed by atoms with Gasteiger partial charge in [0.2, 0.25) is 0 Å². The third kappa shape index (κ3) is 8.94. The van der Waals surface area contributed by atoms with Gasteiger partial charge in [-0.05, 0) is 75.9 Å². The van der Waals surface area contributed by atoms with Crippen LogP contribution in [0, 0.1) is 0 Å². The number of carbonyl (C=O) groups excluding carboxylic acids is 2. The summed E-state index contributed by atoms with van der Waals surface area (Å²) < 4.78 is 16.2. The van der Waals surface area contributed by atoms with Gasteiger partial charge in [-0.2, -0.15) is 0 Å². The van der Waals surface area contributed by atoms with Gasteiger partial charge in [-0.25, -0.2) is 4.79 Å². The Morgan fingerprint density at radius 2 is 1.80 bits per heavy atom. The summed E-state index contributed by atoms with van der Waals surface area (Å²) in [5.74, 6) is 1.04. The predicted molar refractivity (Wildman–Crippen MR) is 114 cm³/mol. The number of aromatic nitrogens is 1. The largest absolute Gasteiger partial charge is 0.466 e. The quantitative estimate of drug-likeness (QED) is 0.611. The summed E-state index contributed by atoms with van der Waals surface area (Å²) in [7, 11) is 0. The topological polar surface area (TPSA) is 86.8 Å². The zero-order valence-corrected chi connectivity index (χ0v) is 18.1. The lowest BCUT2D eigenvalue weighted by atomic mass is 10.0. The maximum atomic E-state index is 11.8. The first-order chi connectivity index (χ1) is 14.2. The minimum absolute atomic E-state index is 0.232. The molecule has 2 aromatic rings. The van der Waals surface area contributed by atoms with Crippen molar-refractivity contribution in [2.75, 3.05) is 13.2 Å². The van der Waals surface area contributed by atoms with E-state index in [9.17, 15) is 9.59 Å². The summed E-state index contributed by atoms with van der Waals surface area (Å²) >= 11 is 0. The van der Waals surface area contributed by atoms with Crippen molar-refractivity contribution in [3.63, 3.8) is 0 Å². The van der Waals surface area contributed by atoms with Crippen molar-refractivity contribution in [3.8, 4) is 11.5 Å². The first-order valence-corrected chi connectivity index (χ1v) is 10.1. The molecule has 1 aromatic heterocycles. The number of alkyl carbamates (subject to hydrolysis) is 1. The van der Waals surface area contributed by atoms with Crippen LogP contribution in [0.5, 0.6) is 11.5 Å². The second kappa shape index (κ2) is 11.2. The number of hydrogen-bond acceptors (Lipinski definition) is 6. The highest BCUT2D eigenvalue weighted by Gasteiger charge is 2.15. The normalized spacial score (nSPS) is 10.9. The van der Waals surface area contributed by atoms with E-state index in [0.29, 0.717) is 43.9 Å². The summed E-state index contributed by atoms with van der Waals surface area (Å²) in [6, 6.07) is 9.44. The van der Waals surface area contributed by atoms with Crippen LogP contribution in [0.25, 0.3) is 0 Å². The lowest BCUT2D eigenvalue weighted by molar-refractivity contribution is -0.143. The van der Waals surface area contributed by atoms with E-state index >= 15 is 0 Å². The van der Waals surface area contributed by atoms with Crippen LogP contribution in [0.4, 0.5) is 4.79 Å². The molecule has 0 atom stereocenters. The fraction of sp³-hybridized carbons (Fsp3) is 0.435. The summed E-state index contributed by atoms with van der Waals surface area (Å²) in [6.07, 6.45) is 4.28. The molecule has 1 amide bonds. The molecule has 7 nitrogen and oxygen atoms in total. The lowest BCUT2D eigenvalue weighted by Crippen LogP contribution is -2.33. The Morgan fingerprint density at radius 3 is 2.43 bits per heavy atom. The Balaban J connectivity index is 2.06. The molecule has 0 fully saturated rings. The molecule has 0 spiro atoms. The van der Waals surface area contributed by atoms with E-state index in [2.05, 4.69) is 10.3 Å². The third-order valence-corrected chi connectivity index (χ3v) is 3.90. The van der Waals surface area contributed by atoms with Crippen LogP contribution in [0.15, 0.2) is 42.7 Å². The summed E-state index contributed by atoms with van der Waals surface area (Å²) in [5.41, 5.74) is 1.39. The van der Waals surface area contributed by atoms with Crippen molar-refractivity contribution in [2.24, 2.45) is 0 Å². The number of hydrogen-bond donors (Lipinski definition) is 1. The predicted octanol–water partition coefficient (Wildman–Crippen LogP) is 4.44. The molecule has 0 radical (unpaired) electrons. The Labute approximate surface area is 177 Å². The standard InChI is InChI=1S/C23H30N2O5/c1-5-28-21(26)9-8-17-13-18(10-12-25-22(27)30-23(2,3)4)15-20(14-17)29-19-7-6-11-24-16-19/h6-7,11,13-16H,5,8-10,12H2,1-4H3,(H,25,27). The van der Waals surface area contributed by atoms with Gasteiger partial charge in [0.1, 0.15) is 17.1 Å². The molecule has 1 heterocycles. The SMILES string of the molecule is CCOC(=O)CCc1cc(CCNC(=O)OC(C)(C)C)cc(Oc2cccnc2)c1. The molecule has 1 aromatic carbocycles. The van der Waals surface area contributed by atoms with Gasteiger partial charge in [-0.3, -0.25) is 9.78 Å². The molecule has 7 heteroatoms. The van der Waals surface area contributed by atoms with Crippen LogP contribution < -0.4 is 10.1 Å². The molecule has 2 rings (SSSR count). The number of ether oxygens (including phenoxy) is 3. The van der Waals surface area contributed by atoms with Crippen LogP contribution >= 0.6 is 0 Å². The van der Waals surface area contributed by atoms with Gasteiger partial charge in [0.25, 0.3) is 0 Å². The van der Waals surface area contributed by atoms with Crippen LogP contribution in [-0.2, 0) is 27.1 Å². The molecule has 162 valence electrons. The third-order valence-electron chi connectivity index (χ3n) is 3.90. The Bertz CT molecular complexity index is 831. The van der Waals surface area contributed by atoms with E-state index in [1.807, 2.05) is 45.0 Å². The second-order valence-corrected chi connectivity index (χ2v) is 7.76. The second-order valence-electron chi connectivity index (χ2n) is 7.76. The van der Waals surface area contributed by atoms with Crippen LogP contribution in [0.3, 0.4) is 0 Å². The maximum Gasteiger partial charge on any atom is 0.407 e. The van der Waals surface area contributed by atoms with Crippen molar-refractivity contribution < 1.29 is 23.8 Å². The van der Waals surface area contributed by atoms with E-state index < -0.39 is 11.7 Å². The number of carbonyl (C=O) groups is 2. The number of pyridine rings is 1. The smallest absolute Gasteiger partial charge is 0.407 e. The summed E-state index contributed by atoms with van der Waals surface area (Å²) in [5, 5.41) is 2.76. The average molecular weight is 415 g/mol. The zero-order valence-electron chi connectivity index (χ0n) is 18.1. The molecule has 0 aliphatic heterocycles. The van der Waals surface area contributed by atoms with Gasteiger partial charge in [-0.15, -0.1) is 0 Å². The molecule has 0 saturated heterocycles. The summed E-state index contributed by atoms with van der Waals surface area (Å²) in [6.45, 7) is 8.04. The average Bonchev–Trinajstić information content (AvgIpc) is 2.66. The Kier molecular flexibility index (Phi) is 8.65. The molecule has 0 aliphatic rings. The van der Waals surface area contributed by atoms with Crippen molar-refractivity contribution in [1.82, 2.24) is 10.3 Å². The van der Waals surface area contributed by atoms with Crippen LogP contribution in [-0.4, -0.2) is 35.8 Å². The number of amides is 1. The molecular weight excluding hydrogens is 384 g/mol. The van der Waals surface area contributed by atoms with E-state index in [1.54, 1.807) is 25.4 Å². The van der Waals surface area contributed by atoms with Crippen LogP contribution in [0.2, 0.25) is 0 Å². The Hall–Kier alpha value is -3.09. The number of nitrogens with one attached hydrogen (secondary N) is 1. The minimum atomic E-state index is -0.540. The zero-order chi connectivity index (χ0) is 22.0. The minimum Gasteiger partial charge on any atom is -0.466 e. The highest BCUT2D eigenvalue weighted by molar-refractivity contribution is 5.69. The molecule has 1 N–H and O–H groups in total. The molecular formula is C23H30N2O5. The first-order valence-electron chi connectivity index (χ1n) is 10.1. The number of nitrogens with zero attached hydrogens (tertiary/aromatic N) is 1. The van der Waals surface area contributed by atoms with E-state index in [-0.39, 0.29) is 5.97 Å². The Morgan fingerprint density at radius 1 is 1.07 bits per heavy atom. The number of rotatable bonds is 9. The fourth-order valence-electron chi connectivity index (χ4n) is 2.72.